The van der Waals surface area contributed by atoms with Gasteiger partial charge in [0, 0.05) is 13.0 Å². The van der Waals surface area contributed by atoms with Crippen LogP contribution in [0.2, 0.25) is 0 Å². The van der Waals surface area contributed by atoms with Crippen molar-refractivity contribution >= 4 is 11.9 Å². The zero-order valence-electron chi connectivity index (χ0n) is 10.4. The summed E-state index contributed by atoms with van der Waals surface area (Å²) in [7, 11) is 0. The second-order valence-corrected chi connectivity index (χ2v) is 4.78. The lowest BCUT2D eigenvalue weighted by atomic mass is 10.0. The molecule has 0 radical (unpaired) electrons. The van der Waals surface area contributed by atoms with Crippen LogP contribution in [0.1, 0.15) is 32.6 Å². The quantitative estimate of drug-likeness (QED) is 0.611. The fraction of sp³-hybridized carbons (Fsp3) is 0.833. The van der Waals surface area contributed by atoms with Gasteiger partial charge in [-0.1, -0.05) is 6.92 Å². The summed E-state index contributed by atoms with van der Waals surface area (Å²) in [6.07, 6.45) is 3.12. The van der Waals surface area contributed by atoms with E-state index in [-0.39, 0.29) is 5.91 Å². The van der Waals surface area contributed by atoms with Crippen LogP contribution in [0.3, 0.4) is 0 Å². The molecule has 1 fully saturated rings. The molecule has 1 aliphatic heterocycles. The van der Waals surface area contributed by atoms with Crippen LogP contribution in [0.4, 0.5) is 0 Å². The van der Waals surface area contributed by atoms with Crippen molar-refractivity contribution in [1.29, 1.82) is 0 Å². The summed E-state index contributed by atoms with van der Waals surface area (Å²) in [6.45, 7) is 4.18. The average molecular weight is 242 g/mol. The highest BCUT2D eigenvalue weighted by molar-refractivity contribution is 5.76. The lowest BCUT2D eigenvalue weighted by Crippen LogP contribution is -2.27. The van der Waals surface area contributed by atoms with Gasteiger partial charge in [-0.15, -0.1) is 0 Å². The normalized spacial score (nSPS) is 21.1. The van der Waals surface area contributed by atoms with Crippen LogP contribution in [0.25, 0.3) is 0 Å². The molecule has 1 heterocycles. The largest absolute Gasteiger partial charge is 0.481 e. The first-order chi connectivity index (χ1) is 8.09. The van der Waals surface area contributed by atoms with E-state index in [0.717, 1.165) is 25.9 Å². The number of hydrogen-bond acceptors (Lipinski definition) is 3. The van der Waals surface area contributed by atoms with Gasteiger partial charge in [0.05, 0.1) is 5.92 Å². The molecule has 1 rings (SSSR count). The highest BCUT2D eigenvalue weighted by Crippen LogP contribution is 2.13. The third-order valence-electron chi connectivity index (χ3n) is 3.26. The van der Waals surface area contributed by atoms with Crippen LogP contribution in [0.5, 0.6) is 0 Å². The van der Waals surface area contributed by atoms with Crippen LogP contribution in [-0.2, 0) is 9.59 Å². The maximum absolute atomic E-state index is 11.5. The maximum Gasteiger partial charge on any atom is 0.306 e. The molecule has 0 spiro atoms. The van der Waals surface area contributed by atoms with Crippen LogP contribution >= 0.6 is 0 Å². The summed E-state index contributed by atoms with van der Waals surface area (Å²) in [5.41, 5.74) is 0. The molecule has 0 aromatic carbocycles. The lowest BCUT2D eigenvalue weighted by Gasteiger charge is -2.09. The Hall–Kier alpha value is -1.10. The second-order valence-electron chi connectivity index (χ2n) is 4.78. The molecule has 2 atom stereocenters. The van der Waals surface area contributed by atoms with Crippen molar-refractivity contribution in [3.63, 3.8) is 0 Å². The van der Waals surface area contributed by atoms with Gasteiger partial charge >= 0.3 is 5.97 Å². The molecule has 3 N–H and O–H groups in total. The summed E-state index contributed by atoms with van der Waals surface area (Å²) in [5, 5.41) is 14.7. The van der Waals surface area contributed by atoms with Crippen LogP contribution < -0.4 is 10.6 Å². The van der Waals surface area contributed by atoms with Crippen molar-refractivity contribution in [3.8, 4) is 0 Å². The summed E-state index contributed by atoms with van der Waals surface area (Å²) in [4.78, 5) is 22.0. The molecule has 0 bridgehead atoms. The molecule has 0 saturated carbocycles. The van der Waals surface area contributed by atoms with E-state index in [1.54, 1.807) is 6.92 Å². The van der Waals surface area contributed by atoms with Crippen molar-refractivity contribution in [3.05, 3.63) is 0 Å². The van der Waals surface area contributed by atoms with Crippen molar-refractivity contribution in [2.24, 2.45) is 11.8 Å². The monoisotopic (exact) mass is 242 g/mol. The number of hydrogen-bond donors (Lipinski definition) is 3. The summed E-state index contributed by atoms with van der Waals surface area (Å²) >= 11 is 0. The Bertz CT molecular complexity index is 262. The minimum Gasteiger partial charge on any atom is -0.481 e. The van der Waals surface area contributed by atoms with E-state index in [1.165, 1.54) is 0 Å². The van der Waals surface area contributed by atoms with Gasteiger partial charge < -0.3 is 15.7 Å². The fourth-order valence-corrected chi connectivity index (χ4v) is 1.94. The molecule has 5 heteroatoms. The topological polar surface area (TPSA) is 78.4 Å². The van der Waals surface area contributed by atoms with Gasteiger partial charge in [0.15, 0.2) is 0 Å². The Morgan fingerprint density at radius 1 is 1.53 bits per heavy atom. The maximum atomic E-state index is 11.5. The SMILES string of the molecule is CC(CCNC(=O)CCC1CCNC1)C(=O)O. The Morgan fingerprint density at radius 3 is 2.88 bits per heavy atom. The van der Waals surface area contributed by atoms with Gasteiger partial charge in [-0.3, -0.25) is 9.59 Å². The first kappa shape index (κ1) is 14.0. The van der Waals surface area contributed by atoms with Gasteiger partial charge in [0.2, 0.25) is 5.91 Å². The Balaban J connectivity index is 2.02. The minimum atomic E-state index is -0.809. The third-order valence-corrected chi connectivity index (χ3v) is 3.26. The first-order valence-corrected chi connectivity index (χ1v) is 6.30. The Kier molecular flexibility index (Phi) is 5.97. The fourth-order valence-electron chi connectivity index (χ4n) is 1.94. The van der Waals surface area contributed by atoms with E-state index in [4.69, 9.17) is 5.11 Å². The Morgan fingerprint density at radius 2 is 2.29 bits per heavy atom. The summed E-state index contributed by atoms with van der Waals surface area (Å²) in [5.74, 6) is -0.543. The van der Waals surface area contributed by atoms with E-state index < -0.39 is 11.9 Å². The van der Waals surface area contributed by atoms with E-state index in [1.807, 2.05) is 0 Å². The van der Waals surface area contributed by atoms with Crippen molar-refractivity contribution in [2.75, 3.05) is 19.6 Å². The molecular weight excluding hydrogens is 220 g/mol. The molecule has 17 heavy (non-hydrogen) atoms. The third kappa shape index (κ3) is 5.68. The lowest BCUT2D eigenvalue weighted by molar-refractivity contribution is -0.141. The van der Waals surface area contributed by atoms with Gasteiger partial charge in [0.1, 0.15) is 0 Å². The molecule has 1 aliphatic rings. The number of carbonyl (C=O) groups excluding carboxylic acids is 1. The minimum absolute atomic E-state index is 0.0366. The predicted molar refractivity (Wildman–Crippen MR) is 64.6 cm³/mol. The first-order valence-electron chi connectivity index (χ1n) is 6.30. The summed E-state index contributed by atoms with van der Waals surface area (Å²) < 4.78 is 0. The van der Waals surface area contributed by atoms with Gasteiger partial charge in [-0.25, -0.2) is 0 Å². The smallest absolute Gasteiger partial charge is 0.306 e. The number of nitrogens with one attached hydrogen (secondary N) is 2. The predicted octanol–water partition coefficient (Wildman–Crippen LogP) is 0.603. The number of carbonyl (C=O) groups is 2. The highest BCUT2D eigenvalue weighted by atomic mass is 16.4. The van der Waals surface area contributed by atoms with E-state index in [2.05, 4.69) is 10.6 Å². The van der Waals surface area contributed by atoms with Crippen LogP contribution in [0.15, 0.2) is 0 Å². The van der Waals surface area contributed by atoms with Gasteiger partial charge in [0.25, 0.3) is 0 Å². The molecule has 0 aromatic heterocycles. The summed E-state index contributed by atoms with van der Waals surface area (Å²) in [6, 6.07) is 0. The van der Waals surface area contributed by atoms with Crippen molar-refractivity contribution in [2.45, 2.75) is 32.6 Å². The van der Waals surface area contributed by atoms with E-state index in [0.29, 0.717) is 25.3 Å². The number of carboxylic acid groups (broad SMARTS) is 1. The molecule has 1 amide bonds. The van der Waals surface area contributed by atoms with Crippen molar-refractivity contribution in [1.82, 2.24) is 10.6 Å². The van der Waals surface area contributed by atoms with Crippen LogP contribution in [0, 0.1) is 11.8 Å². The standard InChI is InChI=1S/C12H22N2O3/c1-9(12(16)17)4-7-14-11(15)3-2-10-5-6-13-8-10/h9-10,13H,2-8H2,1H3,(H,14,15)(H,16,17). The number of aliphatic carboxylic acids is 1. The zero-order chi connectivity index (χ0) is 12.7. The molecule has 2 unspecified atom stereocenters. The molecule has 0 aromatic rings. The van der Waals surface area contributed by atoms with Gasteiger partial charge in [-0.05, 0) is 38.3 Å². The van der Waals surface area contributed by atoms with E-state index in [9.17, 15) is 9.59 Å². The molecule has 98 valence electrons. The number of rotatable bonds is 7. The Labute approximate surface area is 102 Å². The average Bonchev–Trinajstić information content (AvgIpc) is 2.78. The second kappa shape index (κ2) is 7.27. The van der Waals surface area contributed by atoms with Crippen LogP contribution in [-0.4, -0.2) is 36.6 Å². The highest BCUT2D eigenvalue weighted by Gasteiger charge is 2.16. The van der Waals surface area contributed by atoms with E-state index >= 15 is 0 Å². The number of carboxylic acids is 1. The molecular formula is C12H22N2O3. The number of amides is 1. The molecule has 1 saturated heterocycles. The van der Waals surface area contributed by atoms with Crippen molar-refractivity contribution < 1.29 is 14.7 Å². The van der Waals surface area contributed by atoms with Gasteiger partial charge in [-0.2, -0.15) is 0 Å². The zero-order valence-corrected chi connectivity index (χ0v) is 10.4. The molecule has 0 aliphatic carbocycles. The molecule has 5 nitrogen and oxygen atoms in total.